The lowest BCUT2D eigenvalue weighted by molar-refractivity contribution is -0.384. The number of aldehydes is 1. The van der Waals surface area contributed by atoms with Crippen molar-refractivity contribution >= 4 is 39.8 Å². The lowest BCUT2D eigenvalue weighted by Crippen LogP contribution is -2.14. The third-order valence-corrected chi connectivity index (χ3v) is 7.33. The van der Waals surface area contributed by atoms with Crippen LogP contribution in [0.1, 0.15) is 51.4 Å². The first-order valence-corrected chi connectivity index (χ1v) is 12.3. The zero-order valence-corrected chi connectivity index (χ0v) is 19.1. The van der Waals surface area contributed by atoms with Crippen LogP contribution in [0.5, 0.6) is 0 Å². The minimum Gasteiger partial charge on any atom is -0.353 e. The van der Waals surface area contributed by atoms with E-state index in [0.717, 1.165) is 33.9 Å². The molecule has 1 fully saturated rings. The molecule has 7 nitrogen and oxygen atoms in total. The first kappa shape index (κ1) is 21.4. The van der Waals surface area contributed by atoms with Crippen LogP contribution < -0.4 is 5.32 Å². The van der Waals surface area contributed by atoms with Crippen molar-refractivity contribution in [1.82, 2.24) is 9.97 Å². The number of hydrogen-bond donors (Lipinski definition) is 1. The minimum atomic E-state index is -0.390. The number of nitrogens with zero attached hydrogens (tertiary/aromatic N) is 3. The summed E-state index contributed by atoms with van der Waals surface area (Å²) in [6, 6.07) is 13.9. The Labute approximate surface area is 198 Å². The molecule has 0 spiro atoms. The van der Waals surface area contributed by atoms with E-state index in [9.17, 15) is 14.9 Å². The van der Waals surface area contributed by atoms with E-state index in [4.69, 9.17) is 9.97 Å². The number of nitro benzene ring substituents is 1. The zero-order valence-electron chi connectivity index (χ0n) is 17.5. The van der Waals surface area contributed by atoms with Crippen molar-refractivity contribution in [2.45, 2.75) is 31.2 Å². The highest BCUT2D eigenvalue weighted by atomic mass is 32.1. The highest BCUT2D eigenvalue weighted by molar-refractivity contribution is 7.14. The molecule has 0 unspecified atom stereocenters. The highest BCUT2D eigenvalue weighted by Gasteiger charge is 2.28. The Bertz CT molecular complexity index is 1300. The smallest absolute Gasteiger partial charge is 0.269 e. The fourth-order valence-electron chi connectivity index (χ4n) is 3.59. The Balaban J connectivity index is 1.39. The van der Waals surface area contributed by atoms with Gasteiger partial charge in [-0.15, -0.1) is 22.7 Å². The van der Waals surface area contributed by atoms with Gasteiger partial charge in [0.1, 0.15) is 6.29 Å². The van der Waals surface area contributed by atoms with Crippen molar-refractivity contribution in [2.24, 2.45) is 0 Å². The average Bonchev–Trinajstić information content (AvgIpc) is 3.37. The average molecular weight is 477 g/mol. The van der Waals surface area contributed by atoms with Gasteiger partial charge in [-0.2, -0.15) is 0 Å². The van der Waals surface area contributed by atoms with Gasteiger partial charge in [0.15, 0.2) is 5.13 Å². The van der Waals surface area contributed by atoms with Crippen molar-refractivity contribution in [3.63, 3.8) is 0 Å². The Morgan fingerprint density at radius 1 is 1.12 bits per heavy atom. The molecule has 1 saturated carbocycles. The second-order valence-electron chi connectivity index (χ2n) is 7.99. The molecule has 5 rings (SSSR count). The van der Waals surface area contributed by atoms with Crippen LogP contribution in [0.2, 0.25) is 0 Å². The molecule has 0 bridgehead atoms. The van der Waals surface area contributed by atoms with E-state index < -0.39 is 4.92 Å². The highest BCUT2D eigenvalue weighted by Crippen LogP contribution is 2.42. The number of nitrogens with one attached hydrogen (secondary N) is 1. The van der Waals surface area contributed by atoms with Crippen LogP contribution >= 0.6 is 22.7 Å². The molecule has 33 heavy (non-hydrogen) atoms. The van der Waals surface area contributed by atoms with Gasteiger partial charge in [0.2, 0.25) is 0 Å². The van der Waals surface area contributed by atoms with Gasteiger partial charge in [-0.3, -0.25) is 14.9 Å². The van der Waals surface area contributed by atoms with Crippen LogP contribution in [0.4, 0.5) is 10.8 Å². The summed E-state index contributed by atoms with van der Waals surface area (Å²) in [6.07, 6.45) is 3.85. The van der Waals surface area contributed by atoms with E-state index in [2.05, 4.69) is 10.7 Å². The van der Waals surface area contributed by atoms with Crippen LogP contribution in [0.25, 0.3) is 11.3 Å². The normalized spacial score (nSPS) is 14.1. The number of benzene rings is 2. The molecule has 1 aliphatic carbocycles. The van der Waals surface area contributed by atoms with Crippen LogP contribution in [0.3, 0.4) is 0 Å². The third kappa shape index (κ3) is 4.99. The van der Waals surface area contributed by atoms with Crippen LogP contribution in [-0.2, 0) is 6.42 Å². The summed E-state index contributed by atoms with van der Waals surface area (Å²) in [4.78, 5) is 31.3. The largest absolute Gasteiger partial charge is 0.353 e. The van der Waals surface area contributed by atoms with Crippen molar-refractivity contribution in [3.8, 4) is 11.3 Å². The maximum Gasteiger partial charge on any atom is 0.269 e. The Morgan fingerprint density at radius 2 is 1.94 bits per heavy atom. The Hall–Kier alpha value is -3.43. The van der Waals surface area contributed by atoms with Gasteiger partial charge in [-0.05, 0) is 30.9 Å². The number of nitro groups is 1. The lowest BCUT2D eigenvalue weighted by Gasteiger charge is -2.16. The summed E-state index contributed by atoms with van der Waals surface area (Å²) in [6.45, 7) is 0. The second-order valence-corrected chi connectivity index (χ2v) is 9.74. The molecular weight excluding hydrogens is 456 g/mol. The van der Waals surface area contributed by atoms with Gasteiger partial charge < -0.3 is 5.32 Å². The van der Waals surface area contributed by atoms with Crippen molar-refractivity contribution in [2.75, 3.05) is 5.32 Å². The number of thiazole rings is 2. The van der Waals surface area contributed by atoms with Crippen molar-refractivity contribution < 1.29 is 9.72 Å². The minimum absolute atomic E-state index is 0.0788. The molecule has 166 valence electrons. The summed E-state index contributed by atoms with van der Waals surface area (Å²) < 4.78 is 0. The topological polar surface area (TPSA) is 98.0 Å². The predicted octanol–water partition coefficient (Wildman–Crippen LogP) is 6.26. The Morgan fingerprint density at radius 3 is 2.67 bits per heavy atom. The van der Waals surface area contributed by atoms with E-state index in [1.807, 2.05) is 23.6 Å². The van der Waals surface area contributed by atoms with E-state index in [1.165, 1.54) is 41.3 Å². The van der Waals surface area contributed by atoms with Crippen LogP contribution in [0, 0.1) is 10.1 Å². The number of carbonyl (C=O) groups is 1. The second kappa shape index (κ2) is 9.21. The standard InChI is InChI=1S/C24H20N4O3S2/c29-12-16-2-1-3-18(10-16)21-13-33-24(27-21)26-20(22-14-32-23(25-22)17-6-7-17)11-15-4-8-19(9-5-15)28(30)31/h1-5,8-10,12-14,17,20H,6-7,11H2,(H,26,27)/t20-/m0/s1. The zero-order chi connectivity index (χ0) is 22.8. The first-order chi connectivity index (χ1) is 16.1. The summed E-state index contributed by atoms with van der Waals surface area (Å²) in [7, 11) is 0. The molecule has 1 atom stereocenters. The third-order valence-electron chi connectivity index (χ3n) is 5.53. The SMILES string of the molecule is O=Cc1cccc(-c2csc(N[C@@H](Cc3ccc([N+](=O)[O-])cc3)c3csc(C4CC4)n3)n2)c1. The van der Waals surface area contributed by atoms with Gasteiger partial charge in [-0.25, -0.2) is 9.97 Å². The molecule has 2 aromatic heterocycles. The van der Waals surface area contributed by atoms with Crippen molar-refractivity contribution in [1.29, 1.82) is 0 Å². The lowest BCUT2D eigenvalue weighted by atomic mass is 10.0. The van der Waals surface area contributed by atoms with Crippen LogP contribution in [0.15, 0.2) is 59.3 Å². The van der Waals surface area contributed by atoms with E-state index in [0.29, 0.717) is 17.9 Å². The van der Waals surface area contributed by atoms with Gasteiger partial charge in [0.25, 0.3) is 5.69 Å². The number of anilines is 1. The summed E-state index contributed by atoms with van der Waals surface area (Å²) >= 11 is 3.19. The molecule has 0 radical (unpaired) electrons. The molecule has 2 aromatic carbocycles. The molecule has 0 saturated heterocycles. The molecule has 4 aromatic rings. The summed E-state index contributed by atoms with van der Waals surface area (Å²) in [5, 5.41) is 20.5. The maximum absolute atomic E-state index is 11.1. The fourth-order valence-corrected chi connectivity index (χ4v) is 5.41. The quantitative estimate of drug-likeness (QED) is 0.174. The Kier molecular flexibility index (Phi) is 5.97. The van der Waals surface area contributed by atoms with E-state index in [1.54, 1.807) is 29.5 Å². The number of hydrogen-bond acceptors (Lipinski definition) is 8. The number of non-ortho nitro benzene ring substituents is 1. The molecule has 1 aliphatic rings. The van der Waals surface area contributed by atoms with E-state index in [-0.39, 0.29) is 11.7 Å². The molecule has 1 N–H and O–H groups in total. The molecule has 0 amide bonds. The van der Waals surface area contributed by atoms with Gasteiger partial charge in [0.05, 0.1) is 27.4 Å². The molecule has 9 heteroatoms. The molecular formula is C24H20N4O3S2. The van der Waals surface area contributed by atoms with Gasteiger partial charge >= 0.3 is 0 Å². The number of carbonyl (C=O) groups excluding carboxylic acids is 1. The fraction of sp³-hybridized carbons (Fsp3) is 0.208. The van der Waals surface area contributed by atoms with Crippen LogP contribution in [-0.4, -0.2) is 21.2 Å². The monoisotopic (exact) mass is 476 g/mol. The summed E-state index contributed by atoms with van der Waals surface area (Å²) in [5.74, 6) is 0.584. The predicted molar refractivity (Wildman–Crippen MR) is 130 cm³/mol. The van der Waals surface area contributed by atoms with Gasteiger partial charge in [0, 0.05) is 39.9 Å². The van der Waals surface area contributed by atoms with E-state index >= 15 is 0 Å². The van der Waals surface area contributed by atoms with Gasteiger partial charge in [-0.1, -0.05) is 30.3 Å². The number of aromatic nitrogens is 2. The molecule has 2 heterocycles. The molecule has 0 aliphatic heterocycles. The first-order valence-electron chi connectivity index (χ1n) is 10.6. The summed E-state index contributed by atoms with van der Waals surface area (Å²) in [5.41, 5.74) is 4.32. The van der Waals surface area contributed by atoms with Crippen molar-refractivity contribution in [3.05, 3.63) is 91.2 Å². The number of rotatable bonds is 9. The maximum atomic E-state index is 11.1.